The van der Waals surface area contributed by atoms with E-state index in [1.165, 1.54) is 0 Å². The number of aromatic amines is 3. The second-order valence-corrected chi connectivity index (χ2v) is 9.26. The summed E-state index contributed by atoms with van der Waals surface area (Å²) in [4.78, 5) is 65.2. The van der Waals surface area contributed by atoms with Gasteiger partial charge < -0.3 is 40.1 Å². The average molecular weight is 566 g/mol. The van der Waals surface area contributed by atoms with Gasteiger partial charge in [0.05, 0.1) is 19.5 Å². The zero-order chi connectivity index (χ0) is 28.6. The Morgan fingerprint density at radius 3 is 2.02 bits per heavy atom. The van der Waals surface area contributed by atoms with Crippen LogP contribution in [-0.2, 0) is 9.47 Å². The van der Waals surface area contributed by atoms with Crippen molar-refractivity contribution in [1.29, 1.82) is 0 Å². The zero-order valence-corrected chi connectivity index (χ0v) is 20.0. The third-order valence-electron chi connectivity index (χ3n) is 6.95. The molecule has 4 aromatic rings. The van der Waals surface area contributed by atoms with E-state index in [1.54, 1.807) is 0 Å². The van der Waals surface area contributed by atoms with Gasteiger partial charge in [-0.3, -0.25) is 33.7 Å². The van der Waals surface area contributed by atoms with Crippen LogP contribution >= 0.6 is 0 Å². The minimum Gasteiger partial charge on any atom is -0.394 e. The molecule has 20 heteroatoms. The SMILES string of the molecule is O=c1[nH]c(=O)c2nc(-n3c(=O)[nH]c(=O)c4ncn([C@@H]5O[C@H](CO)[C@@H](O)[C@H]5O)c43)n([C@@H]3O[C@H](CO)[C@@H](O)[C@H]3O)c2[nH]1. The molecule has 214 valence electrons. The van der Waals surface area contributed by atoms with Crippen LogP contribution in [0.1, 0.15) is 12.5 Å². The van der Waals surface area contributed by atoms with Crippen molar-refractivity contribution in [1.82, 2.24) is 38.6 Å². The predicted molar refractivity (Wildman–Crippen MR) is 127 cm³/mol. The van der Waals surface area contributed by atoms with Gasteiger partial charge in [-0.05, 0) is 0 Å². The molecule has 2 aliphatic rings. The molecule has 0 aliphatic carbocycles. The van der Waals surface area contributed by atoms with Gasteiger partial charge in [0.25, 0.3) is 11.1 Å². The number of fused-ring (bicyclic) bond motifs is 2. The molecule has 0 amide bonds. The first-order chi connectivity index (χ1) is 19.1. The van der Waals surface area contributed by atoms with Gasteiger partial charge in [-0.15, -0.1) is 0 Å². The second kappa shape index (κ2) is 9.28. The number of nitrogens with one attached hydrogen (secondary N) is 3. The lowest BCUT2D eigenvalue weighted by Crippen LogP contribution is -2.36. The molecule has 40 heavy (non-hydrogen) atoms. The Morgan fingerprint density at radius 1 is 0.800 bits per heavy atom. The fourth-order valence-corrected chi connectivity index (χ4v) is 5.02. The highest BCUT2D eigenvalue weighted by Crippen LogP contribution is 2.35. The van der Waals surface area contributed by atoms with Crippen LogP contribution in [0, 0.1) is 0 Å². The first-order valence-corrected chi connectivity index (χ1v) is 11.8. The largest absolute Gasteiger partial charge is 0.394 e. The summed E-state index contributed by atoms with van der Waals surface area (Å²) in [6.07, 6.45) is -11.2. The van der Waals surface area contributed by atoms with E-state index in [0.29, 0.717) is 4.57 Å². The molecule has 2 fully saturated rings. The fourth-order valence-electron chi connectivity index (χ4n) is 5.02. The number of aliphatic hydroxyl groups excluding tert-OH is 6. The molecule has 6 rings (SSSR count). The van der Waals surface area contributed by atoms with Crippen molar-refractivity contribution in [2.45, 2.75) is 49.1 Å². The maximum atomic E-state index is 13.3. The zero-order valence-electron chi connectivity index (χ0n) is 20.0. The molecule has 9 N–H and O–H groups in total. The molecule has 2 saturated heterocycles. The Balaban J connectivity index is 1.68. The van der Waals surface area contributed by atoms with E-state index in [4.69, 9.17) is 9.47 Å². The summed E-state index contributed by atoms with van der Waals surface area (Å²) in [5.74, 6) is -0.531. The predicted octanol–water partition coefficient (Wildman–Crippen LogP) is -6.18. The van der Waals surface area contributed by atoms with E-state index in [-0.39, 0.29) is 16.8 Å². The van der Waals surface area contributed by atoms with Gasteiger partial charge >= 0.3 is 11.4 Å². The van der Waals surface area contributed by atoms with Crippen LogP contribution < -0.4 is 22.5 Å². The molecule has 6 heterocycles. The van der Waals surface area contributed by atoms with E-state index in [1.807, 2.05) is 9.97 Å². The molecule has 0 bridgehead atoms. The van der Waals surface area contributed by atoms with Gasteiger partial charge in [0.1, 0.15) is 36.6 Å². The summed E-state index contributed by atoms with van der Waals surface area (Å²) in [6, 6.07) is 0. The molecule has 0 spiro atoms. The minimum atomic E-state index is -1.77. The molecule has 0 radical (unpaired) electrons. The molecule has 0 saturated carbocycles. The van der Waals surface area contributed by atoms with Crippen molar-refractivity contribution in [3.05, 3.63) is 48.0 Å². The fraction of sp³-hybridized carbons (Fsp3) is 0.500. The second-order valence-electron chi connectivity index (χ2n) is 9.26. The maximum Gasteiger partial charge on any atom is 0.337 e. The number of ether oxygens (including phenoxy) is 2. The highest BCUT2D eigenvalue weighted by molar-refractivity contribution is 5.75. The number of hydrogen-bond donors (Lipinski definition) is 9. The summed E-state index contributed by atoms with van der Waals surface area (Å²) < 4.78 is 13.7. The van der Waals surface area contributed by atoms with Crippen molar-refractivity contribution in [3.63, 3.8) is 0 Å². The van der Waals surface area contributed by atoms with Crippen LogP contribution in [0.4, 0.5) is 0 Å². The van der Waals surface area contributed by atoms with E-state index < -0.39 is 96.3 Å². The maximum absolute atomic E-state index is 13.3. The minimum absolute atomic E-state index is 0.358. The Labute approximate surface area is 217 Å². The summed E-state index contributed by atoms with van der Waals surface area (Å²) >= 11 is 0. The Hall–Kier alpha value is -4.02. The highest BCUT2D eigenvalue weighted by Gasteiger charge is 2.47. The summed E-state index contributed by atoms with van der Waals surface area (Å²) in [5, 5.41) is 61.0. The number of aliphatic hydroxyl groups is 6. The lowest BCUT2D eigenvalue weighted by Gasteiger charge is -2.21. The van der Waals surface area contributed by atoms with Gasteiger partial charge in [0.2, 0.25) is 5.95 Å². The Morgan fingerprint density at radius 2 is 1.40 bits per heavy atom. The normalized spacial score (nSPS) is 30.6. The number of aromatic nitrogens is 8. The van der Waals surface area contributed by atoms with Gasteiger partial charge in [-0.25, -0.2) is 24.1 Å². The standard InChI is InChI=1S/C20H22N8O12/c29-1-4-8(31)10(33)16(39-4)26-3-21-7-14(36)25-20(38)28(15(7)26)19-22-6-12(23-18(37)24-13(6)35)27(19)17-11(34)9(32)5(2-30)40-17/h3-5,8-11,16-17,29-34H,1-2H2,(H,25,36,38)(H2,23,24,35,37)/t4-,5-,8-,9-,10-,11-,16-,17-/m1/s1. The number of hydrogen-bond acceptors (Lipinski definition) is 14. The first kappa shape index (κ1) is 26.2. The van der Waals surface area contributed by atoms with Gasteiger partial charge in [-0.1, -0.05) is 0 Å². The number of rotatable bonds is 5. The third kappa shape index (κ3) is 3.62. The lowest BCUT2D eigenvalue weighted by atomic mass is 10.1. The molecular formula is C20H22N8O12. The quantitative estimate of drug-likeness (QED) is 0.109. The van der Waals surface area contributed by atoms with Gasteiger partial charge in [0, 0.05) is 0 Å². The summed E-state index contributed by atoms with van der Waals surface area (Å²) in [6.45, 7) is -1.40. The molecule has 8 atom stereocenters. The van der Waals surface area contributed by atoms with E-state index in [0.717, 1.165) is 15.5 Å². The van der Waals surface area contributed by atoms with Crippen molar-refractivity contribution in [2.24, 2.45) is 0 Å². The first-order valence-electron chi connectivity index (χ1n) is 11.8. The summed E-state index contributed by atoms with van der Waals surface area (Å²) in [7, 11) is 0. The van der Waals surface area contributed by atoms with Gasteiger partial charge in [-0.2, -0.15) is 0 Å². The van der Waals surface area contributed by atoms with E-state index in [2.05, 4.69) is 15.0 Å². The van der Waals surface area contributed by atoms with Crippen LogP contribution in [-0.4, -0.2) is 119 Å². The topological polar surface area (TPSA) is 296 Å². The molecule has 4 aromatic heterocycles. The third-order valence-corrected chi connectivity index (χ3v) is 6.95. The number of imidazole rings is 2. The molecular weight excluding hydrogens is 544 g/mol. The summed E-state index contributed by atoms with van der Waals surface area (Å²) in [5.41, 5.74) is -5.69. The van der Waals surface area contributed by atoms with E-state index >= 15 is 0 Å². The van der Waals surface area contributed by atoms with Crippen LogP contribution in [0.25, 0.3) is 28.3 Å². The molecule has 20 nitrogen and oxygen atoms in total. The monoisotopic (exact) mass is 566 g/mol. The lowest BCUT2D eigenvalue weighted by molar-refractivity contribution is -0.0522. The van der Waals surface area contributed by atoms with Crippen molar-refractivity contribution < 1.29 is 40.1 Å². The number of nitrogens with zero attached hydrogens (tertiary/aromatic N) is 5. The van der Waals surface area contributed by atoms with Crippen LogP contribution in [0.5, 0.6) is 0 Å². The van der Waals surface area contributed by atoms with Crippen LogP contribution in [0.2, 0.25) is 0 Å². The highest BCUT2D eigenvalue weighted by atomic mass is 16.6. The van der Waals surface area contributed by atoms with Crippen LogP contribution in [0.3, 0.4) is 0 Å². The molecule has 0 aromatic carbocycles. The van der Waals surface area contributed by atoms with E-state index in [9.17, 15) is 49.8 Å². The van der Waals surface area contributed by atoms with Gasteiger partial charge in [0.15, 0.2) is 34.8 Å². The van der Waals surface area contributed by atoms with Crippen molar-refractivity contribution >= 4 is 22.3 Å². The Bertz CT molecular complexity index is 1850. The Kier molecular flexibility index (Phi) is 6.08. The average Bonchev–Trinajstić information content (AvgIpc) is 3.65. The number of H-pyrrole nitrogens is 3. The van der Waals surface area contributed by atoms with Crippen molar-refractivity contribution in [2.75, 3.05) is 13.2 Å². The van der Waals surface area contributed by atoms with Crippen molar-refractivity contribution in [3.8, 4) is 5.95 Å². The van der Waals surface area contributed by atoms with Crippen LogP contribution in [0.15, 0.2) is 25.5 Å². The smallest absolute Gasteiger partial charge is 0.337 e. The molecule has 2 aliphatic heterocycles. The molecule has 0 unspecified atom stereocenters.